The van der Waals surface area contributed by atoms with Gasteiger partial charge in [0.25, 0.3) is 0 Å². The Morgan fingerprint density at radius 2 is 1.94 bits per heavy atom. The van der Waals surface area contributed by atoms with Gasteiger partial charge >= 0.3 is 6.09 Å². The molecule has 0 aromatic rings. The van der Waals surface area contributed by atoms with Crippen LogP contribution in [0.2, 0.25) is 0 Å². The number of hydrogen-bond acceptors (Lipinski definition) is 3. The molecule has 4 heteroatoms. The van der Waals surface area contributed by atoms with Crippen molar-refractivity contribution in [2.45, 2.75) is 71.1 Å². The standard InChI is InChI=1S/C13H26N2O2/c1-10(15-11-7-5-6-8-11)9-14-12(16)17-13(2,3)4/h10-11,15H,5-9H2,1-4H3,(H,14,16)/t10-/m1/s1. The zero-order valence-corrected chi connectivity index (χ0v) is 11.5. The Bertz CT molecular complexity index is 242. The van der Waals surface area contributed by atoms with Gasteiger partial charge in [-0.25, -0.2) is 4.79 Å². The fourth-order valence-corrected chi connectivity index (χ4v) is 2.10. The molecule has 1 aliphatic carbocycles. The van der Waals surface area contributed by atoms with E-state index in [4.69, 9.17) is 4.74 Å². The van der Waals surface area contributed by atoms with E-state index < -0.39 is 5.60 Å². The minimum Gasteiger partial charge on any atom is -0.444 e. The van der Waals surface area contributed by atoms with E-state index in [1.807, 2.05) is 20.8 Å². The van der Waals surface area contributed by atoms with Gasteiger partial charge in [0.05, 0.1) is 0 Å². The SMILES string of the molecule is C[C@H](CNC(=O)OC(C)(C)C)NC1CCCC1. The Morgan fingerprint density at radius 3 is 2.47 bits per heavy atom. The molecule has 1 saturated carbocycles. The van der Waals surface area contributed by atoms with E-state index in [1.165, 1.54) is 25.7 Å². The molecule has 1 rings (SSSR count). The summed E-state index contributed by atoms with van der Waals surface area (Å²) < 4.78 is 5.18. The van der Waals surface area contributed by atoms with Crippen LogP contribution in [0.3, 0.4) is 0 Å². The van der Waals surface area contributed by atoms with Crippen molar-refractivity contribution in [1.82, 2.24) is 10.6 Å². The summed E-state index contributed by atoms with van der Waals surface area (Å²) >= 11 is 0. The molecular formula is C13H26N2O2. The number of alkyl carbamates (subject to hydrolysis) is 1. The van der Waals surface area contributed by atoms with Crippen molar-refractivity contribution in [2.24, 2.45) is 0 Å². The van der Waals surface area contributed by atoms with Gasteiger partial charge < -0.3 is 15.4 Å². The van der Waals surface area contributed by atoms with Crippen molar-refractivity contribution in [3.05, 3.63) is 0 Å². The summed E-state index contributed by atoms with van der Waals surface area (Å²) in [6.07, 6.45) is 4.83. The zero-order valence-electron chi connectivity index (χ0n) is 11.5. The zero-order chi connectivity index (χ0) is 12.9. The maximum absolute atomic E-state index is 11.4. The van der Waals surface area contributed by atoms with E-state index in [1.54, 1.807) is 0 Å². The molecule has 100 valence electrons. The topological polar surface area (TPSA) is 50.4 Å². The summed E-state index contributed by atoms with van der Waals surface area (Å²) in [4.78, 5) is 11.4. The van der Waals surface area contributed by atoms with Gasteiger partial charge in [0.1, 0.15) is 5.60 Å². The molecule has 0 saturated heterocycles. The normalized spacial score (nSPS) is 19.1. The highest BCUT2D eigenvalue weighted by atomic mass is 16.6. The fourth-order valence-electron chi connectivity index (χ4n) is 2.10. The van der Waals surface area contributed by atoms with Crippen molar-refractivity contribution in [2.75, 3.05) is 6.54 Å². The highest BCUT2D eigenvalue weighted by Crippen LogP contribution is 2.17. The van der Waals surface area contributed by atoms with Crippen molar-refractivity contribution in [1.29, 1.82) is 0 Å². The molecule has 0 aliphatic heterocycles. The first kappa shape index (κ1) is 14.3. The molecule has 0 spiro atoms. The number of hydrogen-bond donors (Lipinski definition) is 2. The van der Waals surface area contributed by atoms with Gasteiger partial charge in [0, 0.05) is 18.6 Å². The second-order valence-corrected chi connectivity index (χ2v) is 5.93. The predicted octanol–water partition coefficient (Wildman–Crippen LogP) is 2.43. The highest BCUT2D eigenvalue weighted by molar-refractivity contribution is 5.67. The summed E-state index contributed by atoms with van der Waals surface area (Å²) in [5.74, 6) is 0. The fraction of sp³-hybridized carbons (Fsp3) is 0.923. The van der Waals surface area contributed by atoms with Gasteiger partial charge in [-0.1, -0.05) is 12.8 Å². The van der Waals surface area contributed by atoms with Crippen LogP contribution in [0.5, 0.6) is 0 Å². The van der Waals surface area contributed by atoms with E-state index in [2.05, 4.69) is 17.6 Å². The Hall–Kier alpha value is -0.770. The lowest BCUT2D eigenvalue weighted by Gasteiger charge is -2.22. The molecule has 0 radical (unpaired) electrons. The molecule has 1 amide bonds. The number of amides is 1. The van der Waals surface area contributed by atoms with Gasteiger partial charge in [0.15, 0.2) is 0 Å². The van der Waals surface area contributed by atoms with Crippen LogP contribution in [-0.4, -0.2) is 30.3 Å². The quantitative estimate of drug-likeness (QED) is 0.796. The first-order chi connectivity index (χ1) is 7.87. The summed E-state index contributed by atoms with van der Waals surface area (Å²) in [5, 5.41) is 6.32. The molecule has 1 aliphatic rings. The monoisotopic (exact) mass is 242 g/mol. The minimum atomic E-state index is -0.424. The molecule has 2 N–H and O–H groups in total. The first-order valence-corrected chi connectivity index (χ1v) is 6.60. The maximum atomic E-state index is 11.4. The van der Waals surface area contributed by atoms with E-state index in [-0.39, 0.29) is 6.09 Å². The number of carbonyl (C=O) groups is 1. The Morgan fingerprint density at radius 1 is 1.35 bits per heavy atom. The third kappa shape index (κ3) is 6.51. The van der Waals surface area contributed by atoms with E-state index in [0.717, 1.165) is 0 Å². The molecular weight excluding hydrogens is 216 g/mol. The lowest BCUT2D eigenvalue weighted by Crippen LogP contribution is -2.44. The molecule has 0 bridgehead atoms. The van der Waals surface area contributed by atoms with E-state index in [0.29, 0.717) is 18.6 Å². The van der Waals surface area contributed by atoms with Gasteiger partial charge in [-0.15, -0.1) is 0 Å². The largest absolute Gasteiger partial charge is 0.444 e. The van der Waals surface area contributed by atoms with Crippen molar-refractivity contribution < 1.29 is 9.53 Å². The molecule has 0 aromatic heterocycles. The van der Waals surface area contributed by atoms with Crippen LogP contribution >= 0.6 is 0 Å². The van der Waals surface area contributed by atoms with E-state index >= 15 is 0 Å². The third-order valence-corrected chi connectivity index (χ3v) is 2.83. The second kappa shape index (κ2) is 6.24. The predicted molar refractivity (Wildman–Crippen MR) is 69.1 cm³/mol. The third-order valence-electron chi connectivity index (χ3n) is 2.83. The van der Waals surface area contributed by atoms with Crippen LogP contribution in [0.15, 0.2) is 0 Å². The van der Waals surface area contributed by atoms with Crippen molar-refractivity contribution in [3.63, 3.8) is 0 Å². The highest BCUT2D eigenvalue weighted by Gasteiger charge is 2.19. The summed E-state index contributed by atoms with van der Waals surface area (Å²) in [6.45, 7) is 8.31. The Balaban J connectivity index is 2.14. The number of carbonyl (C=O) groups excluding carboxylic acids is 1. The number of ether oxygens (including phenoxy) is 1. The van der Waals surface area contributed by atoms with Crippen LogP contribution < -0.4 is 10.6 Å². The van der Waals surface area contributed by atoms with Crippen LogP contribution in [0.1, 0.15) is 53.4 Å². The average molecular weight is 242 g/mol. The van der Waals surface area contributed by atoms with Crippen LogP contribution in [-0.2, 0) is 4.74 Å². The van der Waals surface area contributed by atoms with Gasteiger partial charge in [-0.3, -0.25) is 0 Å². The van der Waals surface area contributed by atoms with Crippen LogP contribution in [0.25, 0.3) is 0 Å². The number of rotatable bonds is 4. The average Bonchev–Trinajstić information content (AvgIpc) is 2.64. The smallest absolute Gasteiger partial charge is 0.407 e. The molecule has 1 fully saturated rings. The van der Waals surface area contributed by atoms with Gasteiger partial charge in [0.2, 0.25) is 0 Å². The summed E-state index contributed by atoms with van der Waals surface area (Å²) in [7, 11) is 0. The lowest BCUT2D eigenvalue weighted by molar-refractivity contribution is 0.0522. The Labute approximate surface area is 104 Å². The first-order valence-electron chi connectivity index (χ1n) is 6.60. The maximum Gasteiger partial charge on any atom is 0.407 e. The van der Waals surface area contributed by atoms with Crippen molar-refractivity contribution in [3.8, 4) is 0 Å². The molecule has 1 atom stereocenters. The molecule has 0 heterocycles. The van der Waals surface area contributed by atoms with Crippen molar-refractivity contribution >= 4 is 6.09 Å². The minimum absolute atomic E-state index is 0.297. The molecule has 17 heavy (non-hydrogen) atoms. The van der Waals surface area contributed by atoms with Crippen LogP contribution in [0, 0.1) is 0 Å². The van der Waals surface area contributed by atoms with Gasteiger partial charge in [-0.2, -0.15) is 0 Å². The van der Waals surface area contributed by atoms with Gasteiger partial charge in [-0.05, 0) is 40.5 Å². The summed E-state index contributed by atoms with van der Waals surface area (Å²) in [6, 6.07) is 0.927. The van der Waals surface area contributed by atoms with Crippen LogP contribution in [0.4, 0.5) is 4.79 Å². The summed E-state index contributed by atoms with van der Waals surface area (Å²) in [5.41, 5.74) is -0.424. The Kier molecular flexibility index (Phi) is 5.25. The molecule has 0 unspecified atom stereocenters. The lowest BCUT2D eigenvalue weighted by atomic mass is 10.2. The second-order valence-electron chi connectivity index (χ2n) is 5.93. The number of nitrogens with one attached hydrogen (secondary N) is 2. The van der Waals surface area contributed by atoms with E-state index in [9.17, 15) is 4.79 Å². The molecule has 4 nitrogen and oxygen atoms in total. The molecule has 0 aromatic carbocycles.